The average Bonchev–Trinajstić information content (AvgIpc) is 3.03. The fraction of sp³-hybridized carbons (Fsp3) is 0.778. The largest absolute Gasteiger partial charge is 0.461 e. The van der Waals surface area contributed by atoms with Crippen molar-refractivity contribution in [1.29, 1.82) is 0 Å². The number of carbonyl (C=O) groups is 3. The van der Waals surface area contributed by atoms with Crippen LogP contribution < -0.4 is 0 Å². The highest BCUT2D eigenvalue weighted by Gasteiger charge is 2.52. The number of likely N-dealkylation sites (N-methyl/N-ethyl adjacent to an activating group) is 1. The number of hydrogen-bond donors (Lipinski definition) is 4. The minimum atomic E-state index is -2.01. The van der Waals surface area contributed by atoms with Crippen molar-refractivity contribution >= 4 is 17.7 Å². The number of ether oxygens (including phenoxy) is 4. The molecule has 2 fully saturated rings. The van der Waals surface area contributed by atoms with Crippen LogP contribution in [-0.4, -0.2) is 122 Å². The lowest BCUT2D eigenvalue weighted by Gasteiger charge is -2.47. The average molecular weight is 695 g/mol. The van der Waals surface area contributed by atoms with Gasteiger partial charge in [0.15, 0.2) is 6.29 Å². The Morgan fingerprint density at radius 2 is 1.73 bits per heavy atom. The molecule has 13 nitrogen and oxygen atoms in total. The molecule has 1 aromatic rings. The molecule has 0 bridgehead atoms. The van der Waals surface area contributed by atoms with Crippen LogP contribution in [0.1, 0.15) is 80.2 Å². The van der Waals surface area contributed by atoms with Crippen LogP contribution in [0.2, 0.25) is 0 Å². The van der Waals surface area contributed by atoms with Gasteiger partial charge < -0.3 is 44.3 Å². The van der Waals surface area contributed by atoms with Gasteiger partial charge in [0.1, 0.15) is 29.7 Å². The second kappa shape index (κ2) is 16.7. The lowest BCUT2D eigenvalue weighted by Crippen LogP contribution is -2.60. The lowest BCUT2D eigenvalue weighted by atomic mass is 9.74. The van der Waals surface area contributed by atoms with Gasteiger partial charge in [-0.05, 0) is 72.7 Å². The molecule has 4 N–H and O–H groups in total. The minimum absolute atomic E-state index is 0.114. The Labute approximate surface area is 290 Å². The normalized spacial score (nSPS) is 41.5. The monoisotopic (exact) mass is 694 g/mol. The van der Waals surface area contributed by atoms with Crippen molar-refractivity contribution in [2.75, 3.05) is 14.1 Å². The summed E-state index contributed by atoms with van der Waals surface area (Å²) in [6, 6.07) is 3.05. The van der Waals surface area contributed by atoms with Gasteiger partial charge in [-0.3, -0.25) is 19.4 Å². The second-order valence-corrected chi connectivity index (χ2v) is 14.9. The van der Waals surface area contributed by atoms with Crippen molar-refractivity contribution in [2.45, 2.75) is 141 Å². The predicted octanol–water partition coefficient (Wildman–Crippen LogP) is 2.05. The Kier molecular flexibility index (Phi) is 13.9. The molecule has 0 spiro atoms. The Hall–Kier alpha value is -2.52. The van der Waals surface area contributed by atoms with Gasteiger partial charge in [0.2, 0.25) is 0 Å². The molecule has 0 aliphatic carbocycles. The summed E-state index contributed by atoms with van der Waals surface area (Å²) in [5.41, 5.74) is -3.26. The first-order valence-electron chi connectivity index (χ1n) is 17.3. The summed E-state index contributed by atoms with van der Waals surface area (Å²) in [6.45, 7) is 12.6. The van der Waals surface area contributed by atoms with E-state index in [1.165, 1.54) is 33.9 Å². The first kappa shape index (κ1) is 40.9. The molecule has 0 aromatic carbocycles. The van der Waals surface area contributed by atoms with Crippen molar-refractivity contribution < 1.29 is 53.8 Å². The highest BCUT2D eigenvalue weighted by Crippen LogP contribution is 2.38. The molecule has 49 heavy (non-hydrogen) atoms. The van der Waals surface area contributed by atoms with Crippen LogP contribution in [-0.2, 0) is 39.8 Å². The summed E-state index contributed by atoms with van der Waals surface area (Å²) in [4.78, 5) is 46.9. The Balaban J connectivity index is 2.14. The number of pyridine rings is 1. The number of Topliss-reactive ketones (excluding diaryl/α,β-unsaturated/α-hetero) is 1. The van der Waals surface area contributed by atoms with Gasteiger partial charge in [0.25, 0.3) is 0 Å². The molecule has 14 atom stereocenters. The summed E-state index contributed by atoms with van der Waals surface area (Å²) < 4.78 is 24.4. The van der Waals surface area contributed by atoms with Gasteiger partial charge in [0.05, 0.1) is 36.3 Å². The maximum atomic E-state index is 13.9. The van der Waals surface area contributed by atoms with E-state index >= 15 is 0 Å². The van der Waals surface area contributed by atoms with Crippen molar-refractivity contribution in [1.82, 2.24) is 9.88 Å². The fourth-order valence-electron chi connectivity index (χ4n) is 7.47. The van der Waals surface area contributed by atoms with Gasteiger partial charge in [-0.25, -0.2) is 0 Å². The van der Waals surface area contributed by atoms with Gasteiger partial charge in [-0.15, -0.1) is 0 Å². The van der Waals surface area contributed by atoms with E-state index in [0.717, 1.165) is 0 Å². The number of esters is 2. The summed E-state index contributed by atoms with van der Waals surface area (Å²) in [5, 5.41) is 46.3. The van der Waals surface area contributed by atoms with Crippen molar-refractivity contribution in [2.24, 2.45) is 23.7 Å². The smallest absolute Gasteiger partial charge is 0.312 e. The Morgan fingerprint density at radius 1 is 1.08 bits per heavy atom. The molecule has 3 rings (SSSR count). The maximum Gasteiger partial charge on any atom is 0.312 e. The quantitative estimate of drug-likeness (QED) is 0.304. The SMILES string of the molecule is CC[C@H]1OC(=O)[C@H](C)[C@@H](OC(=O)Cc2cccnc2)[C@H](C)[C@@H](OC2O[C@H](C)C[C@H](N(C)C)[C@H]2O)[C@@](C)(O)C[C@@H](C)C(=O)[C@H](C)[C@@H](O)[C@]1(C)O. The molecule has 2 aliphatic rings. The molecular weight excluding hydrogens is 636 g/mol. The summed E-state index contributed by atoms with van der Waals surface area (Å²) in [7, 11) is 3.66. The molecule has 1 aromatic heterocycles. The second-order valence-electron chi connectivity index (χ2n) is 14.9. The lowest BCUT2D eigenvalue weighted by molar-refractivity contribution is -0.299. The van der Waals surface area contributed by atoms with Gasteiger partial charge >= 0.3 is 11.9 Å². The molecule has 278 valence electrons. The summed E-state index contributed by atoms with van der Waals surface area (Å²) in [6.07, 6.45) is -4.58. The van der Waals surface area contributed by atoms with Crippen LogP contribution >= 0.6 is 0 Å². The van der Waals surface area contributed by atoms with Gasteiger partial charge in [0, 0.05) is 36.2 Å². The fourth-order valence-corrected chi connectivity index (χ4v) is 7.47. The number of carbonyl (C=O) groups excluding carboxylic acids is 3. The van der Waals surface area contributed by atoms with E-state index in [1.807, 2.05) is 25.9 Å². The number of rotatable bonds is 7. The number of ketones is 1. The zero-order valence-corrected chi connectivity index (χ0v) is 30.6. The van der Waals surface area contributed by atoms with Gasteiger partial charge in [-0.1, -0.05) is 33.8 Å². The first-order chi connectivity index (χ1) is 22.7. The standard InChI is InChI=1S/C36H58N2O11/c1-11-26-36(8,45)31(42)21(4)28(40)19(2)17-35(7,44)32(49-34-29(41)25(38(9)10)15-20(3)46-34)22(5)30(23(6)33(43)47-26)48-27(39)16-24-13-12-14-37-18-24/h12-14,18-23,25-26,29-32,34,41-42,44-45H,11,15-17H2,1-10H3/t19-,20-,21+,22+,23-,25+,26-,29-,30+,31-,32-,34?,35+,36-/m1/s1. The third kappa shape index (κ3) is 9.63. The van der Waals surface area contributed by atoms with Crippen LogP contribution in [0, 0.1) is 23.7 Å². The summed E-state index contributed by atoms with van der Waals surface area (Å²) in [5.74, 6) is -5.95. The zero-order chi connectivity index (χ0) is 37.0. The number of cyclic esters (lactones) is 1. The number of aliphatic hydroxyl groups excluding tert-OH is 2. The predicted molar refractivity (Wildman–Crippen MR) is 179 cm³/mol. The molecular formula is C36H58N2O11. The van der Waals surface area contributed by atoms with E-state index in [1.54, 1.807) is 39.1 Å². The van der Waals surface area contributed by atoms with E-state index in [0.29, 0.717) is 12.0 Å². The van der Waals surface area contributed by atoms with E-state index in [2.05, 4.69) is 4.98 Å². The van der Waals surface area contributed by atoms with E-state index in [-0.39, 0.29) is 31.4 Å². The zero-order valence-electron chi connectivity index (χ0n) is 30.6. The summed E-state index contributed by atoms with van der Waals surface area (Å²) >= 11 is 0. The van der Waals surface area contributed by atoms with E-state index in [4.69, 9.17) is 18.9 Å². The van der Waals surface area contributed by atoms with Crippen LogP contribution in [0.15, 0.2) is 24.5 Å². The van der Waals surface area contributed by atoms with E-state index in [9.17, 15) is 34.8 Å². The molecule has 3 heterocycles. The number of hydrogen-bond acceptors (Lipinski definition) is 13. The molecule has 2 saturated heterocycles. The Morgan fingerprint density at radius 3 is 2.31 bits per heavy atom. The molecule has 1 unspecified atom stereocenters. The third-order valence-corrected chi connectivity index (χ3v) is 10.4. The minimum Gasteiger partial charge on any atom is -0.461 e. The molecule has 0 radical (unpaired) electrons. The van der Waals surface area contributed by atoms with Crippen LogP contribution in [0.3, 0.4) is 0 Å². The van der Waals surface area contributed by atoms with Crippen molar-refractivity contribution in [3.05, 3.63) is 30.1 Å². The van der Waals surface area contributed by atoms with E-state index < -0.39 is 89.4 Å². The number of aliphatic hydroxyl groups is 4. The van der Waals surface area contributed by atoms with Crippen molar-refractivity contribution in [3.8, 4) is 0 Å². The van der Waals surface area contributed by atoms with Gasteiger partial charge in [-0.2, -0.15) is 0 Å². The molecule has 2 aliphatic heterocycles. The maximum absolute atomic E-state index is 13.9. The first-order valence-corrected chi connectivity index (χ1v) is 17.3. The van der Waals surface area contributed by atoms with Crippen LogP contribution in [0.4, 0.5) is 0 Å². The van der Waals surface area contributed by atoms with Crippen LogP contribution in [0.25, 0.3) is 0 Å². The topological polar surface area (TPSA) is 185 Å². The third-order valence-electron chi connectivity index (χ3n) is 10.4. The van der Waals surface area contributed by atoms with Crippen LogP contribution in [0.5, 0.6) is 0 Å². The van der Waals surface area contributed by atoms with Crippen molar-refractivity contribution in [3.63, 3.8) is 0 Å². The number of aromatic nitrogens is 1. The number of nitrogens with zero attached hydrogens (tertiary/aromatic N) is 2. The molecule has 13 heteroatoms. The molecule has 0 amide bonds. The highest BCUT2D eigenvalue weighted by atomic mass is 16.7. The Bertz CT molecular complexity index is 1260. The highest BCUT2D eigenvalue weighted by molar-refractivity contribution is 5.83. The molecule has 0 saturated carbocycles.